The fourth-order valence-corrected chi connectivity index (χ4v) is 2.97. The predicted molar refractivity (Wildman–Crippen MR) is 56.5 cm³/mol. The van der Waals surface area contributed by atoms with Crippen molar-refractivity contribution in [1.29, 1.82) is 0 Å². The summed E-state index contributed by atoms with van der Waals surface area (Å²) in [6.45, 7) is 0. The minimum Gasteiger partial charge on any atom is -0.211 e. The second-order valence-corrected chi connectivity index (χ2v) is 6.39. The van der Waals surface area contributed by atoms with Gasteiger partial charge in [0.25, 0.3) is 0 Å². The van der Waals surface area contributed by atoms with Gasteiger partial charge in [0.05, 0.1) is 0 Å². The molecule has 0 N–H and O–H groups in total. The van der Waals surface area contributed by atoms with Gasteiger partial charge in [0, 0.05) is 12.1 Å². The van der Waals surface area contributed by atoms with Crippen LogP contribution in [0.5, 0.6) is 0 Å². The summed E-state index contributed by atoms with van der Waals surface area (Å²) >= 11 is -0.652. The first-order valence-corrected chi connectivity index (χ1v) is 7.14. The number of hydrogen-bond donors (Lipinski definition) is 0. The molecule has 1 rings (SSSR count). The van der Waals surface area contributed by atoms with Gasteiger partial charge in [0.15, 0.2) is 12.4 Å². The van der Waals surface area contributed by atoms with Crippen molar-refractivity contribution in [3.8, 4) is 0 Å². The van der Waals surface area contributed by atoms with Crippen molar-refractivity contribution >= 4 is 21.9 Å². The van der Waals surface area contributed by atoms with Crippen LogP contribution in [0.15, 0.2) is 30.6 Å². The molecular formula is C8H6F6NO4S2+. The maximum Gasteiger partial charge on any atom is 0.550 e. The molecule has 0 aromatic carbocycles. The Bertz CT molecular complexity index is 558. The molecule has 5 nitrogen and oxygen atoms in total. The molecule has 0 aliphatic carbocycles. The Morgan fingerprint density at radius 2 is 1.52 bits per heavy atom. The second-order valence-electron chi connectivity index (χ2n) is 3.31. The lowest BCUT2D eigenvalue weighted by molar-refractivity contribution is -0.682. The zero-order valence-electron chi connectivity index (χ0n) is 9.63. The number of pyridine rings is 1. The third-order valence-electron chi connectivity index (χ3n) is 1.82. The maximum absolute atomic E-state index is 12.5. The molecule has 13 heteroatoms. The van der Waals surface area contributed by atoms with E-state index in [0.717, 1.165) is 12.4 Å². The third kappa shape index (κ3) is 5.01. The highest BCUT2D eigenvalue weighted by atomic mass is 32.3. The minimum absolute atomic E-state index is 0.507. The van der Waals surface area contributed by atoms with E-state index in [4.69, 9.17) is 0 Å². The molecule has 1 heterocycles. The van der Waals surface area contributed by atoms with Gasteiger partial charge in [-0.15, -0.1) is 22.4 Å². The molecule has 0 amide bonds. The first-order valence-electron chi connectivity index (χ1n) is 4.79. The molecule has 21 heavy (non-hydrogen) atoms. The Hall–Kier alpha value is -1.05. The van der Waals surface area contributed by atoms with E-state index in [2.05, 4.69) is 9.22 Å². The fraction of sp³-hybridized carbons (Fsp3) is 0.375. The number of nitrogens with zero attached hydrogens (tertiary/aromatic N) is 1. The van der Waals surface area contributed by atoms with Gasteiger partial charge in [-0.3, -0.25) is 0 Å². The molecule has 0 saturated heterocycles. The summed E-state index contributed by atoms with van der Waals surface area (Å²) in [5.74, 6) is 0. The number of hydrogen-bond acceptors (Lipinski definition) is 5. The Kier molecular flexibility index (Phi) is 5.46. The van der Waals surface area contributed by atoms with Gasteiger partial charge in [-0.05, 0) is 0 Å². The molecule has 1 unspecified atom stereocenters. The first-order chi connectivity index (χ1) is 9.45. The normalized spacial score (nSPS) is 15.0. The molecule has 1 aromatic heterocycles. The van der Waals surface area contributed by atoms with E-state index >= 15 is 0 Å². The number of alkyl halides is 6. The number of aromatic nitrogens is 1. The van der Waals surface area contributed by atoms with Gasteiger partial charge in [0.1, 0.15) is 12.0 Å². The Morgan fingerprint density at radius 3 is 1.95 bits per heavy atom. The Labute approximate surface area is 118 Å². The first kappa shape index (κ1) is 18.0. The zero-order valence-corrected chi connectivity index (χ0v) is 11.3. The van der Waals surface area contributed by atoms with Crippen LogP contribution < -0.4 is 4.57 Å². The second kappa shape index (κ2) is 6.37. The topological polar surface area (TPSA) is 56.5 Å². The van der Waals surface area contributed by atoms with Crippen molar-refractivity contribution in [3.05, 3.63) is 30.6 Å². The van der Waals surface area contributed by atoms with E-state index in [1.807, 2.05) is 0 Å². The molecule has 0 radical (unpaired) electrons. The van der Waals surface area contributed by atoms with Crippen LogP contribution in [0.1, 0.15) is 4.71 Å². The summed E-state index contributed by atoms with van der Waals surface area (Å²) in [5.41, 5.74) is -5.69. The standard InChI is InChI=1S/C8H6F6NO4S2/c9-7(10,11)18-19-20-6(15-4-2-1-3-5-15)21(16,17)8(12,13)14/h1-6H/q+1. The average molecular weight is 358 g/mol. The lowest BCUT2D eigenvalue weighted by Crippen LogP contribution is -2.46. The van der Waals surface area contributed by atoms with Crippen molar-refractivity contribution in [3.63, 3.8) is 0 Å². The van der Waals surface area contributed by atoms with Crippen LogP contribution in [0.2, 0.25) is 0 Å². The van der Waals surface area contributed by atoms with Crippen molar-refractivity contribution in [2.75, 3.05) is 0 Å². The van der Waals surface area contributed by atoms with Crippen LogP contribution in [0.4, 0.5) is 26.3 Å². The highest BCUT2D eigenvalue weighted by Crippen LogP contribution is 2.37. The fourth-order valence-electron chi connectivity index (χ4n) is 1.02. The van der Waals surface area contributed by atoms with E-state index < -0.39 is 38.5 Å². The summed E-state index contributed by atoms with van der Waals surface area (Å²) in [7, 11) is -5.86. The molecule has 0 spiro atoms. The molecule has 0 aliphatic heterocycles. The lowest BCUT2D eigenvalue weighted by atomic mass is 10.5. The molecule has 0 bridgehead atoms. The summed E-state index contributed by atoms with van der Waals surface area (Å²) in [4.78, 5) is 2.81. The van der Waals surface area contributed by atoms with E-state index in [1.54, 1.807) is 0 Å². The average Bonchev–Trinajstić information content (AvgIpc) is 2.33. The largest absolute Gasteiger partial charge is 0.550 e. The molecule has 1 aromatic rings. The van der Waals surface area contributed by atoms with E-state index in [0.29, 0.717) is 4.57 Å². The minimum atomic E-state index is -5.86. The Balaban J connectivity index is 3.03. The number of sulfone groups is 1. The highest BCUT2D eigenvalue weighted by molar-refractivity contribution is 8.09. The van der Waals surface area contributed by atoms with Crippen molar-refractivity contribution in [2.24, 2.45) is 0 Å². The molecule has 0 fully saturated rings. The van der Waals surface area contributed by atoms with Gasteiger partial charge >= 0.3 is 26.4 Å². The Morgan fingerprint density at radius 1 is 1.00 bits per heavy atom. The summed E-state index contributed by atoms with van der Waals surface area (Å²) in [6, 6.07) is 3.74. The molecule has 120 valence electrons. The van der Waals surface area contributed by atoms with Crippen molar-refractivity contribution in [2.45, 2.75) is 16.6 Å². The summed E-state index contributed by atoms with van der Waals surface area (Å²) < 4.78 is 96.7. The number of rotatable bonds is 5. The van der Waals surface area contributed by atoms with Gasteiger partial charge in [0.2, 0.25) is 0 Å². The maximum atomic E-state index is 12.5. The van der Waals surface area contributed by atoms with Crippen LogP contribution in [0, 0.1) is 0 Å². The van der Waals surface area contributed by atoms with Crippen LogP contribution in [-0.4, -0.2) is 20.3 Å². The van der Waals surface area contributed by atoms with Crippen molar-refractivity contribution < 1.29 is 48.5 Å². The molecule has 0 saturated carbocycles. The van der Waals surface area contributed by atoms with Gasteiger partial charge in [-0.25, -0.2) is 8.42 Å². The molecule has 0 aliphatic rings. The molecular weight excluding hydrogens is 352 g/mol. The smallest absolute Gasteiger partial charge is 0.211 e. The number of halogens is 6. The monoisotopic (exact) mass is 358 g/mol. The van der Waals surface area contributed by atoms with Crippen molar-refractivity contribution in [1.82, 2.24) is 0 Å². The zero-order chi connectivity index (χ0) is 16.3. The lowest BCUT2D eigenvalue weighted by Gasteiger charge is -2.14. The quantitative estimate of drug-likeness (QED) is 0.266. The van der Waals surface area contributed by atoms with Crippen LogP contribution >= 0.6 is 12.0 Å². The van der Waals surface area contributed by atoms with Gasteiger partial charge in [-0.1, -0.05) is 6.07 Å². The SMILES string of the molecule is O=S(=O)(C(SOOC(F)(F)F)[n+]1ccccc1)C(F)(F)F. The van der Waals surface area contributed by atoms with Gasteiger partial charge in [-0.2, -0.15) is 17.7 Å². The van der Waals surface area contributed by atoms with Crippen LogP contribution in [-0.2, 0) is 19.1 Å². The van der Waals surface area contributed by atoms with Gasteiger partial charge < -0.3 is 0 Å². The summed E-state index contributed by atoms with van der Waals surface area (Å²) in [5, 5.41) is 0. The van der Waals surface area contributed by atoms with E-state index in [-0.39, 0.29) is 0 Å². The van der Waals surface area contributed by atoms with E-state index in [1.165, 1.54) is 18.2 Å². The van der Waals surface area contributed by atoms with Crippen LogP contribution in [0.3, 0.4) is 0 Å². The highest BCUT2D eigenvalue weighted by Gasteiger charge is 2.56. The summed E-state index contributed by atoms with van der Waals surface area (Å²) in [6.07, 6.45) is -3.46. The predicted octanol–water partition coefficient (Wildman–Crippen LogP) is 2.48. The van der Waals surface area contributed by atoms with E-state index in [9.17, 15) is 34.8 Å². The van der Waals surface area contributed by atoms with Crippen LogP contribution in [0.25, 0.3) is 0 Å². The molecule has 1 atom stereocenters. The third-order valence-corrected chi connectivity index (χ3v) is 4.79.